The number of carbonyl (C=O) groups excluding carboxylic acids is 1. The van der Waals surface area contributed by atoms with Crippen molar-refractivity contribution in [3.63, 3.8) is 0 Å². The van der Waals surface area contributed by atoms with Crippen molar-refractivity contribution < 1.29 is 17.9 Å². The smallest absolute Gasteiger partial charge is 0.349 e. The van der Waals surface area contributed by atoms with E-state index in [1.54, 1.807) is 5.38 Å². The first kappa shape index (κ1) is 21.7. The molecule has 0 spiro atoms. The normalized spacial score (nSPS) is 15.8. The van der Waals surface area contributed by atoms with Crippen LogP contribution in [0.25, 0.3) is 0 Å². The lowest BCUT2D eigenvalue weighted by Gasteiger charge is -2.39. The number of hydrogen-bond acceptors (Lipinski definition) is 6. The second-order valence-electron chi connectivity index (χ2n) is 7.27. The van der Waals surface area contributed by atoms with Crippen molar-refractivity contribution in [1.82, 2.24) is 9.21 Å². The third-order valence-corrected chi connectivity index (χ3v) is 8.45. The van der Waals surface area contributed by atoms with Gasteiger partial charge in [-0.3, -0.25) is 4.90 Å². The second kappa shape index (κ2) is 9.32. The molecule has 31 heavy (non-hydrogen) atoms. The van der Waals surface area contributed by atoms with E-state index in [0.717, 1.165) is 11.3 Å². The molecule has 4 rings (SSSR count). The van der Waals surface area contributed by atoms with Gasteiger partial charge in [0.15, 0.2) is 0 Å². The van der Waals surface area contributed by atoms with Crippen molar-refractivity contribution >= 4 is 27.3 Å². The van der Waals surface area contributed by atoms with Crippen LogP contribution >= 0.6 is 11.3 Å². The quantitative estimate of drug-likeness (QED) is 0.530. The molecule has 1 saturated heterocycles. The molecule has 1 fully saturated rings. The average Bonchev–Trinajstić information content (AvgIpc) is 3.32. The highest BCUT2D eigenvalue weighted by atomic mass is 32.2. The molecule has 8 heteroatoms. The van der Waals surface area contributed by atoms with Crippen LogP contribution in [0.4, 0.5) is 0 Å². The Morgan fingerprint density at radius 1 is 0.903 bits per heavy atom. The Balaban J connectivity index is 1.56. The van der Waals surface area contributed by atoms with Gasteiger partial charge in [-0.05, 0) is 22.6 Å². The lowest BCUT2D eigenvalue weighted by Crippen LogP contribution is -2.49. The van der Waals surface area contributed by atoms with Crippen molar-refractivity contribution in [2.75, 3.05) is 33.3 Å². The fraction of sp³-hybridized carbons (Fsp3) is 0.261. The Bertz CT molecular complexity index is 1080. The summed E-state index contributed by atoms with van der Waals surface area (Å²) in [5.74, 6) is -0.625. The molecule has 0 saturated carbocycles. The minimum Gasteiger partial charge on any atom is -0.465 e. The van der Waals surface area contributed by atoms with Gasteiger partial charge >= 0.3 is 5.97 Å². The van der Waals surface area contributed by atoms with Gasteiger partial charge in [-0.2, -0.15) is 4.31 Å². The monoisotopic (exact) mass is 456 g/mol. The van der Waals surface area contributed by atoms with Crippen molar-refractivity contribution in [3.8, 4) is 0 Å². The number of piperazine rings is 1. The van der Waals surface area contributed by atoms with E-state index < -0.39 is 16.0 Å². The summed E-state index contributed by atoms with van der Waals surface area (Å²) in [4.78, 5) is 14.4. The predicted molar refractivity (Wildman–Crippen MR) is 121 cm³/mol. The van der Waals surface area contributed by atoms with E-state index in [1.165, 1.54) is 28.6 Å². The minimum absolute atomic E-state index is 0.0282. The number of ether oxygens (including phenoxy) is 1. The molecule has 0 atom stereocenters. The summed E-state index contributed by atoms with van der Waals surface area (Å²) >= 11 is 1.08. The maximum absolute atomic E-state index is 13.2. The molecule has 1 aromatic heterocycles. The summed E-state index contributed by atoms with van der Waals surface area (Å²) in [6, 6.07) is 22.1. The second-order valence-corrected chi connectivity index (χ2v) is 10.1. The van der Waals surface area contributed by atoms with Crippen LogP contribution in [-0.4, -0.2) is 56.9 Å². The van der Waals surface area contributed by atoms with Gasteiger partial charge < -0.3 is 4.74 Å². The summed E-state index contributed by atoms with van der Waals surface area (Å²) in [7, 11) is -2.51. The van der Waals surface area contributed by atoms with Crippen LogP contribution in [0, 0.1) is 0 Å². The van der Waals surface area contributed by atoms with E-state index >= 15 is 0 Å². The lowest BCUT2D eigenvalue weighted by atomic mass is 9.96. The zero-order valence-corrected chi connectivity index (χ0v) is 18.8. The van der Waals surface area contributed by atoms with E-state index in [9.17, 15) is 13.2 Å². The maximum atomic E-state index is 13.2. The van der Waals surface area contributed by atoms with Gasteiger partial charge in [-0.15, -0.1) is 11.3 Å². The van der Waals surface area contributed by atoms with Gasteiger partial charge in [0.25, 0.3) is 0 Å². The van der Waals surface area contributed by atoms with Gasteiger partial charge in [-0.25, -0.2) is 13.2 Å². The molecule has 162 valence electrons. The van der Waals surface area contributed by atoms with E-state index in [0.29, 0.717) is 26.2 Å². The zero-order valence-electron chi connectivity index (χ0n) is 17.2. The van der Waals surface area contributed by atoms with Crippen LogP contribution in [0.2, 0.25) is 0 Å². The number of carbonyl (C=O) groups is 1. The molecule has 0 N–H and O–H groups in total. The standard InChI is InChI=1S/C23H24N2O4S2/c1-29-23(26)22-20(12-17-30-22)31(27,28)25-15-13-24(14-16-25)21(18-8-4-2-5-9-18)19-10-6-3-7-11-19/h2-12,17,21H,13-16H2,1H3. The van der Waals surface area contributed by atoms with Gasteiger partial charge in [-0.1, -0.05) is 60.7 Å². The number of thiophene rings is 1. The van der Waals surface area contributed by atoms with Gasteiger partial charge in [0.05, 0.1) is 13.2 Å². The Kier molecular flexibility index (Phi) is 6.52. The van der Waals surface area contributed by atoms with Gasteiger partial charge in [0, 0.05) is 26.2 Å². The van der Waals surface area contributed by atoms with Crippen LogP contribution in [-0.2, 0) is 14.8 Å². The van der Waals surface area contributed by atoms with Crippen LogP contribution in [0.3, 0.4) is 0 Å². The minimum atomic E-state index is -3.77. The molecule has 0 amide bonds. The average molecular weight is 457 g/mol. The third-order valence-electron chi connectivity index (χ3n) is 5.49. The van der Waals surface area contributed by atoms with E-state index in [1.807, 2.05) is 36.4 Å². The summed E-state index contributed by atoms with van der Waals surface area (Å²) in [5, 5.41) is 1.61. The first-order valence-corrected chi connectivity index (χ1v) is 12.3. The van der Waals surface area contributed by atoms with E-state index in [-0.39, 0.29) is 15.8 Å². The van der Waals surface area contributed by atoms with Gasteiger partial charge in [0.1, 0.15) is 9.77 Å². The maximum Gasteiger partial charge on any atom is 0.349 e. The largest absolute Gasteiger partial charge is 0.465 e. The Morgan fingerprint density at radius 3 is 1.97 bits per heavy atom. The molecular formula is C23H24N2O4S2. The van der Waals surface area contributed by atoms with Crippen molar-refractivity contribution in [1.29, 1.82) is 0 Å². The van der Waals surface area contributed by atoms with E-state index in [2.05, 4.69) is 29.2 Å². The Labute approximate surface area is 186 Å². The number of benzene rings is 2. The molecule has 6 nitrogen and oxygen atoms in total. The molecule has 0 bridgehead atoms. The highest BCUT2D eigenvalue weighted by Crippen LogP contribution is 2.31. The Hall–Kier alpha value is -2.52. The zero-order chi connectivity index (χ0) is 21.8. The summed E-state index contributed by atoms with van der Waals surface area (Å²) in [6.45, 7) is 1.89. The predicted octanol–water partition coefficient (Wildman–Crippen LogP) is 3.63. The number of nitrogens with zero attached hydrogens (tertiary/aromatic N) is 2. The molecule has 3 aromatic rings. The number of rotatable bonds is 6. The van der Waals surface area contributed by atoms with Crippen LogP contribution in [0.1, 0.15) is 26.8 Å². The lowest BCUT2D eigenvalue weighted by molar-refractivity contribution is 0.0602. The topological polar surface area (TPSA) is 66.9 Å². The number of sulfonamides is 1. The van der Waals surface area contributed by atoms with E-state index in [4.69, 9.17) is 4.74 Å². The number of esters is 1. The molecule has 2 aromatic carbocycles. The molecule has 0 radical (unpaired) electrons. The number of methoxy groups -OCH3 is 1. The molecule has 2 heterocycles. The number of hydrogen-bond donors (Lipinski definition) is 0. The Morgan fingerprint density at radius 2 is 1.45 bits per heavy atom. The van der Waals surface area contributed by atoms with Crippen molar-refractivity contribution in [2.45, 2.75) is 10.9 Å². The molecular weight excluding hydrogens is 432 g/mol. The fourth-order valence-electron chi connectivity index (χ4n) is 3.97. The highest BCUT2D eigenvalue weighted by Gasteiger charge is 2.35. The molecule has 1 aliphatic heterocycles. The molecule has 0 aliphatic carbocycles. The third kappa shape index (κ3) is 4.43. The first-order valence-electron chi connectivity index (χ1n) is 10.0. The fourth-order valence-corrected chi connectivity index (χ4v) is 6.70. The molecule has 1 aliphatic rings. The SMILES string of the molecule is COC(=O)c1sccc1S(=O)(=O)N1CCN(C(c2ccccc2)c2ccccc2)CC1. The first-order chi connectivity index (χ1) is 15.0. The summed E-state index contributed by atoms with van der Waals surface area (Å²) in [6.07, 6.45) is 0. The van der Waals surface area contributed by atoms with Crippen LogP contribution in [0.5, 0.6) is 0 Å². The van der Waals surface area contributed by atoms with Crippen molar-refractivity contribution in [2.24, 2.45) is 0 Å². The summed E-state index contributed by atoms with van der Waals surface area (Å²) in [5.41, 5.74) is 2.35. The highest BCUT2D eigenvalue weighted by molar-refractivity contribution is 7.89. The molecule has 0 unspecified atom stereocenters. The van der Waals surface area contributed by atoms with Crippen LogP contribution in [0.15, 0.2) is 77.0 Å². The van der Waals surface area contributed by atoms with Crippen LogP contribution < -0.4 is 0 Å². The summed E-state index contributed by atoms with van der Waals surface area (Å²) < 4.78 is 32.6. The van der Waals surface area contributed by atoms with Gasteiger partial charge in [0.2, 0.25) is 10.0 Å². The van der Waals surface area contributed by atoms with Crippen molar-refractivity contribution in [3.05, 3.63) is 88.1 Å².